The Labute approximate surface area is 173 Å². The molecule has 4 nitrogen and oxygen atoms in total. The third-order valence-corrected chi connectivity index (χ3v) is 5.97. The Hall–Kier alpha value is -2.49. The van der Waals surface area contributed by atoms with Crippen LogP contribution in [0.2, 0.25) is 0 Å². The second kappa shape index (κ2) is 7.74. The van der Waals surface area contributed by atoms with E-state index in [1.54, 1.807) is 0 Å². The maximum atomic E-state index is 13.0. The van der Waals surface area contributed by atoms with Gasteiger partial charge in [0, 0.05) is 12.0 Å². The number of ether oxygens (including phenoxy) is 2. The van der Waals surface area contributed by atoms with Gasteiger partial charge in [-0.15, -0.1) is 0 Å². The molecule has 2 aliphatic rings. The molecule has 4 heteroatoms. The van der Waals surface area contributed by atoms with Gasteiger partial charge in [0.05, 0.1) is 6.04 Å². The van der Waals surface area contributed by atoms with E-state index >= 15 is 0 Å². The zero-order valence-electron chi connectivity index (χ0n) is 17.9. The Balaban J connectivity index is 1.50. The summed E-state index contributed by atoms with van der Waals surface area (Å²) in [6, 6.07) is 12.3. The Bertz CT molecular complexity index is 918. The second-order valence-corrected chi connectivity index (χ2v) is 9.03. The van der Waals surface area contributed by atoms with Crippen LogP contribution >= 0.6 is 0 Å². The summed E-state index contributed by atoms with van der Waals surface area (Å²) in [5.41, 5.74) is 4.48. The van der Waals surface area contributed by atoms with Crippen LogP contribution in [-0.4, -0.2) is 17.6 Å². The largest absolute Gasteiger partial charge is 0.487 e. The van der Waals surface area contributed by atoms with Gasteiger partial charge in [-0.3, -0.25) is 4.79 Å². The molecule has 1 N–H and O–H groups in total. The molecule has 1 amide bonds. The van der Waals surface area contributed by atoms with Crippen molar-refractivity contribution < 1.29 is 14.3 Å². The summed E-state index contributed by atoms with van der Waals surface area (Å²) in [6.45, 7) is 8.01. The molecular formula is C25H31NO3. The average molecular weight is 394 g/mol. The number of aryl methyl sites for hydroxylation is 2. The van der Waals surface area contributed by atoms with Gasteiger partial charge in [-0.05, 0) is 82.2 Å². The lowest BCUT2D eigenvalue weighted by Crippen LogP contribution is -2.44. The molecule has 0 unspecified atom stereocenters. The van der Waals surface area contributed by atoms with Crippen LogP contribution in [-0.2, 0) is 17.6 Å². The van der Waals surface area contributed by atoms with Crippen molar-refractivity contribution in [1.29, 1.82) is 0 Å². The van der Waals surface area contributed by atoms with Crippen LogP contribution in [0.5, 0.6) is 11.5 Å². The van der Waals surface area contributed by atoms with E-state index in [2.05, 4.69) is 44.3 Å². The molecule has 154 valence electrons. The third-order valence-electron chi connectivity index (χ3n) is 5.97. The number of carbonyl (C=O) groups excluding carboxylic acids is 1. The summed E-state index contributed by atoms with van der Waals surface area (Å²) in [6.07, 6.45) is 4.71. The Morgan fingerprint density at radius 1 is 1.21 bits per heavy atom. The Morgan fingerprint density at radius 2 is 2.00 bits per heavy atom. The molecule has 1 aliphatic heterocycles. The molecule has 1 heterocycles. The normalized spacial score (nSPS) is 20.6. The molecule has 0 saturated carbocycles. The van der Waals surface area contributed by atoms with Gasteiger partial charge in [0.2, 0.25) is 0 Å². The summed E-state index contributed by atoms with van der Waals surface area (Å²) in [5, 5.41) is 3.21. The van der Waals surface area contributed by atoms with Crippen LogP contribution < -0.4 is 14.8 Å². The topological polar surface area (TPSA) is 47.6 Å². The third kappa shape index (κ3) is 4.26. The lowest BCUT2D eigenvalue weighted by molar-refractivity contribution is -0.128. The van der Waals surface area contributed by atoms with Gasteiger partial charge in [0.1, 0.15) is 17.1 Å². The number of hydrogen-bond donors (Lipinski definition) is 1. The van der Waals surface area contributed by atoms with E-state index in [-0.39, 0.29) is 17.6 Å². The predicted octanol–water partition coefficient (Wildman–Crippen LogP) is 5.06. The fourth-order valence-electron chi connectivity index (χ4n) is 4.48. The summed E-state index contributed by atoms with van der Waals surface area (Å²) in [7, 11) is 0. The van der Waals surface area contributed by atoms with Gasteiger partial charge in [0.25, 0.3) is 5.91 Å². The Morgan fingerprint density at radius 3 is 2.83 bits per heavy atom. The zero-order chi connectivity index (χ0) is 20.6. The van der Waals surface area contributed by atoms with E-state index in [9.17, 15) is 4.79 Å². The highest BCUT2D eigenvalue weighted by atomic mass is 16.5. The van der Waals surface area contributed by atoms with Crippen molar-refractivity contribution in [2.45, 2.75) is 77.5 Å². The SMILES string of the molecule is Cc1ccc2c(c1)OC(C)(C)C[C@@H]2NC(=O)[C@@H](C)Oc1cccc2c1CCCC2. The monoisotopic (exact) mass is 393 g/mol. The van der Waals surface area contributed by atoms with Crippen LogP contribution in [0.25, 0.3) is 0 Å². The first-order valence-corrected chi connectivity index (χ1v) is 10.7. The van der Waals surface area contributed by atoms with E-state index in [1.165, 1.54) is 24.0 Å². The molecule has 0 spiro atoms. The highest BCUT2D eigenvalue weighted by molar-refractivity contribution is 5.81. The fraction of sp³-hybridized carbons (Fsp3) is 0.480. The molecule has 2 aromatic rings. The van der Waals surface area contributed by atoms with Crippen molar-refractivity contribution in [2.24, 2.45) is 0 Å². The molecule has 2 atom stereocenters. The maximum Gasteiger partial charge on any atom is 0.261 e. The van der Waals surface area contributed by atoms with Crippen LogP contribution in [0, 0.1) is 6.92 Å². The number of fused-ring (bicyclic) bond motifs is 2. The summed E-state index contributed by atoms with van der Waals surface area (Å²) < 4.78 is 12.3. The zero-order valence-corrected chi connectivity index (χ0v) is 17.9. The molecule has 1 aliphatic carbocycles. The van der Waals surface area contributed by atoms with Crippen LogP contribution in [0.15, 0.2) is 36.4 Å². The van der Waals surface area contributed by atoms with E-state index in [0.29, 0.717) is 0 Å². The van der Waals surface area contributed by atoms with Crippen molar-refractivity contribution >= 4 is 5.91 Å². The maximum absolute atomic E-state index is 13.0. The van der Waals surface area contributed by atoms with Gasteiger partial charge in [-0.25, -0.2) is 0 Å². The highest BCUT2D eigenvalue weighted by Gasteiger charge is 2.35. The quantitative estimate of drug-likeness (QED) is 0.790. The van der Waals surface area contributed by atoms with Gasteiger partial charge in [0.15, 0.2) is 6.10 Å². The van der Waals surface area contributed by atoms with Crippen molar-refractivity contribution in [3.05, 3.63) is 58.7 Å². The van der Waals surface area contributed by atoms with Crippen molar-refractivity contribution in [3.63, 3.8) is 0 Å². The summed E-state index contributed by atoms with van der Waals surface area (Å²) >= 11 is 0. The van der Waals surface area contributed by atoms with Crippen molar-refractivity contribution in [1.82, 2.24) is 5.32 Å². The molecule has 0 fully saturated rings. The lowest BCUT2D eigenvalue weighted by atomic mass is 9.89. The van der Waals surface area contributed by atoms with Gasteiger partial charge in [-0.2, -0.15) is 0 Å². The average Bonchev–Trinajstić information content (AvgIpc) is 2.67. The standard InChI is InChI=1S/C25H31NO3/c1-16-12-13-20-21(15-25(3,4)29-23(20)14-16)26-24(27)17(2)28-22-11-7-9-18-8-5-6-10-19(18)22/h7,9,11-14,17,21H,5-6,8,10,15H2,1-4H3,(H,26,27)/t17-,21+/m1/s1. The van der Waals surface area contributed by atoms with E-state index < -0.39 is 6.10 Å². The van der Waals surface area contributed by atoms with Crippen molar-refractivity contribution in [3.8, 4) is 11.5 Å². The predicted molar refractivity (Wildman–Crippen MR) is 115 cm³/mol. The molecule has 2 aromatic carbocycles. The number of nitrogens with one attached hydrogen (secondary N) is 1. The second-order valence-electron chi connectivity index (χ2n) is 9.03. The lowest BCUT2D eigenvalue weighted by Gasteiger charge is -2.38. The number of amides is 1. The van der Waals surface area contributed by atoms with Crippen LogP contribution in [0.4, 0.5) is 0 Å². The van der Waals surface area contributed by atoms with E-state index in [4.69, 9.17) is 9.47 Å². The van der Waals surface area contributed by atoms with Gasteiger partial charge < -0.3 is 14.8 Å². The van der Waals surface area contributed by atoms with Crippen LogP contribution in [0.3, 0.4) is 0 Å². The minimum Gasteiger partial charge on any atom is -0.487 e. The first-order valence-electron chi connectivity index (χ1n) is 10.7. The summed E-state index contributed by atoms with van der Waals surface area (Å²) in [4.78, 5) is 13.0. The Kier molecular flexibility index (Phi) is 5.28. The minimum absolute atomic E-state index is 0.0856. The molecule has 0 bridgehead atoms. The van der Waals surface area contributed by atoms with Crippen molar-refractivity contribution in [2.75, 3.05) is 0 Å². The molecule has 29 heavy (non-hydrogen) atoms. The fourth-order valence-corrected chi connectivity index (χ4v) is 4.48. The molecule has 4 rings (SSSR count). The molecule has 0 radical (unpaired) electrons. The van der Waals surface area contributed by atoms with E-state index in [0.717, 1.165) is 41.9 Å². The first kappa shape index (κ1) is 19.8. The smallest absolute Gasteiger partial charge is 0.261 e. The molecule has 0 aromatic heterocycles. The van der Waals surface area contributed by atoms with Gasteiger partial charge in [-0.1, -0.05) is 24.3 Å². The van der Waals surface area contributed by atoms with Gasteiger partial charge >= 0.3 is 0 Å². The first-order chi connectivity index (χ1) is 13.8. The molecule has 0 saturated heterocycles. The number of rotatable bonds is 4. The number of benzene rings is 2. The van der Waals surface area contributed by atoms with Crippen LogP contribution in [0.1, 0.15) is 68.3 Å². The minimum atomic E-state index is -0.553. The number of carbonyl (C=O) groups is 1. The summed E-state index contributed by atoms with van der Waals surface area (Å²) in [5.74, 6) is 1.62. The number of hydrogen-bond acceptors (Lipinski definition) is 3. The molecular weight excluding hydrogens is 362 g/mol. The highest BCUT2D eigenvalue weighted by Crippen LogP contribution is 2.40. The van der Waals surface area contributed by atoms with E-state index in [1.807, 2.05) is 25.1 Å².